The number of ether oxygens (including phenoxy) is 4. The second-order valence-electron chi connectivity index (χ2n) is 9.23. The molecule has 16 heteroatoms. The van der Waals surface area contributed by atoms with Gasteiger partial charge in [-0.05, 0) is 36.4 Å². The zero-order valence-electron chi connectivity index (χ0n) is 22.2. The van der Waals surface area contributed by atoms with Gasteiger partial charge in [-0.15, -0.1) is 0 Å². The molecule has 3 aromatic carbocycles. The molecule has 0 unspecified atom stereocenters. The standard InChI is InChI=1S/C27H28N3O12P/c28-17-10-4-1-7-14(17)24(32)38-13-20-21(31)22(42-43(35,36)37)23(40-25(33)15-8-2-5-11-18(15)29)27(39-20)41-26(34)16-9-3-6-12-19(16)30/h1-12,20-23,27,31H,13,28-30H2,(H2,35,36,37)/t20-,21-,22+,23-,27+/m1/s1. The molecule has 1 aliphatic rings. The van der Waals surface area contributed by atoms with Crippen molar-refractivity contribution in [3.8, 4) is 0 Å². The van der Waals surface area contributed by atoms with Crippen molar-refractivity contribution in [1.29, 1.82) is 0 Å². The van der Waals surface area contributed by atoms with E-state index >= 15 is 0 Å². The molecule has 5 atom stereocenters. The molecule has 1 aliphatic heterocycles. The maximum Gasteiger partial charge on any atom is 0.470 e. The molecule has 1 fully saturated rings. The van der Waals surface area contributed by atoms with E-state index in [9.17, 15) is 33.8 Å². The monoisotopic (exact) mass is 617 g/mol. The number of rotatable bonds is 9. The number of aliphatic hydroxyl groups is 1. The molecule has 1 saturated heterocycles. The first kappa shape index (κ1) is 31.4. The van der Waals surface area contributed by atoms with Crippen LogP contribution in [0, 0.1) is 0 Å². The Morgan fingerprint density at radius 1 is 0.721 bits per heavy atom. The Hall–Kier alpha value is -4.50. The van der Waals surface area contributed by atoms with Crippen LogP contribution in [-0.4, -0.2) is 70.1 Å². The van der Waals surface area contributed by atoms with Gasteiger partial charge in [-0.1, -0.05) is 36.4 Å². The van der Waals surface area contributed by atoms with E-state index in [4.69, 9.17) is 40.7 Å². The Morgan fingerprint density at radius 2 is 1.16 bits per heavy atom. The van der Waals surface area contributed by atoms with Gasteiger partial charge < -0.3 is 51.0 Å². The van der Waals surface area contributed by atoms with E-state index in [1.807, 2.05) is 0 Å². The Kier molecular flexibility index (Phi) is 9.66. The quantitative estimate of drug-likeness (QED) is 0.0854. The van der Waals surface area contributed by atoms with E-state index in [2.05, 4.69) is 0 Å². The van der Waals surface area contributed by atoms with Gasteiger partial charge in [0.05, 0.1) is 16.7 Å². The summed E-state index contributed by atoms with van der Waals surface area (Å²) in [5.74, 6) is -3.12. The Bertz CT molecular complexity index is 1550. The van der Waals surface area contributed by atoms with Crippen molar-refractivity contribution in [2.75, 3.05) is 23.8 Å². The van der Waals surface area contributed by atoms with Crippen LogP contribution in [0.4, 0.5) is 17.1 Å². The largest absolute Gasteiger partial charge is 0.470 e. The lowest BCUT2D eigenvalue weighted by Crippen LogP contribution is -2.61. The molecule has 15 nitrogen and oxygen atoms in total. The molecule has 0 aliphatic carbocycles. The smallest absolute Gasteiger partial charge is 0.459 e. The van der Waals surface area contributed by atoms with E-state index < -0.39 is 63.0 Å². The van der Waals surface area contributed by atoms with Crippen LogP contribution in [0.3, 0.4) is 0 Å². The van der Waals surface area contributed by atoms with Crippen LogP contribution < -0.4 is 17.2 Å². The van der Waals surface area contributed by atoms with Gasteiger partial charge in [0.1, 0.15) is 24.9 Å². The summed E-state index contributed by atoms with van der Waals surface area (Å²) < 4.78 is 38.5. The molecule has 0 amide bonds. The van der Waals surface area contributed by atoms with Crippen LogP contribution >= 0.6 is 7.82 Å². The summed E-state index contributed by atoms with van der Waals surface area (Å²) >= 11 is 0. The normalized spacial score (nSPS) is 21.9. The number of carbonyl (C=O) groups is 3. The van der Waals surface area contributed by atoms with E-state index in [-0.39, 0.29) is 33.8 Å². The number of para-hydroxylation sites is 3. The molecular weight excluding hydrogens is 589 g/mol. The molecular formula is C27H28N3O12P. The fourth-order valence-electron chi connectivity index (χ4n) is 4.17. The average molecular weight is 618 g/mol. The molecule has 0 spiro atoms. The van der Waals surface area contributed by atoms with Crippen molar-refractivity contribution in [2.45, 2.75) is 30.7 Å². The van der Waals surface area contributed by atoms with E-state index in [0.29, 0.717) is 0 Å². The SMILES string of the molecule is Nc1ccccc1C(=O)OC[C@H]1O[C@@H](OC(=O)c2ccccc2N)[C@H](OC(=O)c2ccccc2N)[C@@H](OP(=O)(O)O)[C@@H]1O. The van der Waals surface area contributed by atoms with Gasteiger partial charge in [-0.25, -0.2) is 18.9 Å². The number of hydrogen-bond acceptors (Lipinski definition) is 13. The summed E-state index contributed by atoms with van der Waals surface area (Å²) in [6.07, 6.45) is -9.63. The van der Waals surface area contributed by atoms with Gasteiger partial charge in [-0.2, -0.15) is 0 Å². The zero-order chi connectivity index (χ0) is 31.3. The number of benzene rings is 3. The molecule has 0 bridgehead atoms. The summed E-state index contributed by atoms with van der Waals surface area (Å²) in [4.78, 5) is 58.0. The summed E-state index contributed by atoms with van der Waals surface area (Å²) in [6.45, 7) is -0.733. The third-order valence-electron chi connectivity index (χ3n) is 6.26. The summed E-state index contributed by atoms with van der Waals surface area (Å²) in [5, 5.41) is 11.1. The maximum atomic E-state index is 13.1. The van der Waals surface area contributed by atoms with Crippen molar-refractivity contribution >= 4 is 42.8 Å². The first-order valence-electron chi connectivity index (χ1n) is 12.6. The molecule has 1 heterocycles. The van der Waals surface area contributed by atoms with Gasteiger partial charge in [0.25, 0.3) is 0 Å². The highest BCUT2D eigenvalue weighted by molar-refractivity contribution is 7.46. The molecule has 228 valence electrons. The number of carbonyl (C=O) groups excluding carboxylic acids is 3. The van der Waals surface area contributed by atoms with Crippen molar-refractivity contribution in [2.24, 2.45) is 0 Å². The minimum Gasteiger partial charge on any atom is -0.459 e. The molecule has 3 aromatic rings. The number of phosphoric ester groups is 1. The van der Waals surface area contributed by atoms with Crippen LogP contribution in [0.5, 0.6) is 0 Å². The van der Waals surface area contributed by atoms with Gasteiger partial charge >= 0.3 is 25.7 Å². The highest BCUT2D eigenvalue weighted by Crippen LogP contribution is 2.42. The van der Waals surface area contributed by atoms with Crippen molar-refractivity contribution in [3.63, 3.8) is 0 Å². The summed E-state index contributed by atoms with van der Waals surface area (Å²) in [5.41, 5.74) is 17.3. The van der Waals surface area contributed by atoms with Crippen LogP contribution in [0.15, 0.2) is 72.8 Å². The van der Waals surface area contributed by atoms with Crippen LogP contribution in [0.1, 0.15) is 31.1 Å². The van der Waals surface area contributed by atoms with Gasteiger partial charge in [-0.3, -0.25) is 4.52 Å². The predicted molar refractivity (Wildman–Crippen MR) is 149 cm³/mol. The van der Waals surface area contributed by atoms with E-state index in [0.717, 1.165) is 0 Å². The first-order chi connectivity index (χ1) is 20.4. The Balaban J connectivity index is 1.67. The highest BCUT2D eigenvalue weighted by atomic mass is 31.2. The molecule has 0 saturated carbocycles. The number of nitrogen functional groups attached to an aromatic ring is 3. The number of hydrogen-bond donors (Lipinski definition) is 6. The van der Waals surface area contributed by atoms with Crippen molar-refractivity contribution < 1.29 is 57.3 Å². The maximum absolute atomic E-state index is 13.1. The number of anilines is 3. The Morgan fingerprint density at radius 3 is 1.63 bits per heavy atom. The van der Waals surface area contributed by atoms with E-state index in [1.54, 1.807) is 18.2 Å². The fraction of sp³-hybridized carbons (Fsp3) is 0.222. The van der Waals surface area contributed by atoms with Crippen LogP contribution in [-0.2, 0) is 28.0 Å². The Labute approximate surface area is 244 Å². The molecule has 4 rings (SSSR count). The number of aliphatic hydroxyl groups excluding tert-OH is 1. The summed E-state index contributed by atoms with van der Waals surface area (Å²) in [7, 11) is -5.40. The minimum absolute atomic E-state index is 0.00666. The zero-order valence-corrected chi connectivity index (χ0v) is 23.1. The molecule has 43 heavy (non-hydrogen) atoms. The predicted octanol–water partition coefficient (Wildman–Crippen LogP) is 1.24. The van der Waals surface area contributed by atoms with Crippen LogP contribution in [0.25, 0.3) is 0 Å². The van der Waals surface area contributed by atoms with Crippen molar-refractivity contribution in [1.82, 2.24) is 0 Å². The lowest BCUT2D eigenvalue weighted by atomic mass is 9.98. The molecule has 0 radical (unpaired) electrons. The molecule has 9 N–H and O–H groups in total. The second-order valence-corrected chi connectivity index (χ2v) is 10.4. The first-order valence-corrected chi connectivity index (χ1v) is 14.1. The van der Waals surface area contributed by atoms with Gasteiger partial charge in [0.2, 0.25) is 6.29 Å². The van der Waals surface area contributed by atoms with Crippen molar-refractivity contribution in [3.05, 3.63) is 89.5 Å². The third-order valence-corrected chi connectivity index (χ3v) is 6.78. The van der Waals surface area contributed by atoms with Crippen LogP contribution in [0.2, 0.25) is 0 Å². The van der Waals surface area contributed by atoms with Gasteiger partial charge in [0.15, 0.2) is 6.10 Å². The van der Waals surface area contributed by atoms with Gasteiger partial charge in [0, 0.05) is 17.1 Å². The highest BCUT2D eigenvalue weighted by Gasteiger charge is 2.53. The fourth-order valence-corrected chi connectivity index (χ4v) is 4.73. The minimum atomic E-state index is -5.40. The topological polar surface area (TPSA) is 253 Å². The summed E-state index contributed by atoms with van der Waals surface area (Å²) in [6, 6.07) is 17.5. The average Bonchev–Trinajstić information content (AvgIpc) is 2.95. The number of esters is 3. The van der Waals surface area contributed by atoms with E-state index in [1.165, 1.54) is 54.6 Å². The number of nitrogens with two attached hydrogens (primary N) is 3. The second kappa shape index (κ2) is 13.2. The lowest BCUT2D eigenvalue weighted by molar-refractivity contribution is -0.281. The lowest BCUT2D eigenvalue weighted by Gasteiger charge is -2.42. The third kappa shape index (κ3) is 7.67. The molecule has 0 aromatic heterocycles. The number of phosphoric acid groups is 1.